The molecule has 2 heterocycles. The van der Waals surface area contributed by atoms with Gasteiger partial charge in [-0.25, -0.2) is 4.98 Å². The summed E-state index contributed by atoms with van der Waals surface area (Å²) >= 11 is 0. The molecule has 1 saturated heterocycles. The van der Waals surface area contributed by atoms with Crippen molar-refractivity contribution in [2.24, 2.45) is 10.9 Å². The van der Waals surface area contributed by atoms with E-state index in [9.17, 15) is 0 Å². The van der Waals surface area contributed by atoms with Crippen LogP contribution in [0.15, 0.2) is 41.5 Å². The van der Waals surface area contributed by atoms with Crippen molar-refractivity contribution in [3.8, 4) is 11.3 Å². The number of imidazole rings is 1. The summed E-state index contributed by atoms with van der Waals surface area (Å²) in [6, 6.07) is 10.3. The van der Waals surface area contributed by atoms with E-state index in [4.69, 9.17) is 0 Å². The lowest BCUT2D eigenvalue weighted by Crippen LogP contribution is -2.41. The first-order valence-electron chi connectivity index (χ1n) is 9.43. The van der Waals surface area contributed by atoms with Crippen LogP contribution in [0.5, 0.6) is 0 Å². The van der Waals surface area contributed by atoms with Gasteiger partial charge < -0.3 is 20.1 Å². The number of aromatic amines is 1. The second-order valence-electron chi connectivity index (χ2n) is 6.94. The molecule has 0 amide bonds. The molecule has 26 heavy (non-hydrogen) atoms. The van der Waals surface area contributed by atoms with Crippen LogP contribution >= 0.6 is 0 Å². The Morgan fingerprint density at radius 3 is 2.88 bits per heavy atom. The molecule has 0 spiro atoms. The van der Waals surface area contributed by atoms with Crippen LogP contribution in [0.2, 0.25) is 0 Å². The zero-order valence-corrected chi connectivity index (χ0v) is 16.1. The summed E-state index contributed by atoms with van der Waals surface area (Å²) < 4.78 is 0. The molecule has 1 aliphatic rings. The standard InChI is InChI=1S/C20H30N6/c1-4-26-11-10-16(14-26)12-23-20(21-2)25(3)15-19-22-13-18(24-19)17-8-6-5-7-9-17/h5-9,13,16H,4,10-12,14-15H2,1-3H3,(H,21,23)(H,22,24). The van der Waals surface area contributed by atoms with E-state index in [1.54, 1.807) is 0 Å². The van der Waals surface area contributed by atoms with E-state index in [-0.39, 0.29) is 0 Å². The second-order valence-corrected chi connectivity index (χ2v) is 6.94. The second kappa shape index (κ2) is 8.85. The lowest BCUT2D eigenvalue weighted by Gasteiger charge is -2.22. The van der Waals surface area contributed by atoms with Crippen LogP contribution in [-0.2, 0) is 6.54 Å². The molecule has 3 rings (SSSR count). The van der Waals surface area contributed by atoms with E-state index >= 15 is 0 Å². The van der Waals surface area contributed by atoms with Gasteiger partial charge in [-0.3, -0.25) is 4.99 Å². The lowest BCUT2D eigenvalue weighted by atomic mass is 10.1. The number of hydrogen-bond donors (Lipinski definition) is 2. The summed E-state index contributed by atoms with van der Waals surface area (Å²) in [6.07, 6.45) is 3.16. The van der Waals surface area contributed by atoms with Crippen LogP contribution in [-0.4, -0.2) is 66.0 Å². The number of likely N-dealkylation sites (tertiary alicyclic amines) is 1. The molecule has 1 unspecified atom stereocenters. The van der Waals surface area contributed by atoms with Crippen molar-refractivity contribution in [1.29, 1.82) is 0 Å². The lowest BCUT2D eigenvalue weighted by molar-refractivity contribution is 0.340. The van der Waals surface area contributed by atoms with Crippen molar-refractivity contribution in [3.05, 3.63) is 42.4 Å². The number of H-pyrrole nitrogens is 1. The fraction of sp³-hybridized carbons (Fsp3) is 0.500. The molecule has 1 aliphatic heterocycles. The summed E-state index contributed by atoms with van der Waals surface area (Å²) in [5.41, 5.74) is 2.20. The maximum Gasteiger partial charge on any atom is 0.193 e. The first kappa shape index (κ1) is 18.5. The Hall–Kier alpha value is -2.34. The number of nitrogens with one attached hydrogen (secondary N) is 2. The molecular weight excluding hydrogens is 324 g/mol. The van der Waals surface area contributed by atoms with E-state index in [0.717, 1.165) is 36.1 Å². The van der Waals surface area contributed by atoms with Crippen LogP contribution in [0.25, 0.3) is 11.3 Å². The Morgan fingerprint density at radius 1 is 1.38 bits per heavy atom. The van der Waals surface area contributed by atoms with Crippen molar-refractivity contribution in [3.63, 3.8) is 0 Å². The maximum atomic E-state index is 4.52. The molecular formula is C20H30N6. The fourth-order valence-corrected chi connectivity index (χ4v) is 3.49. The Balaban J connectivity index is 1.53. The van der Waals surface area contributed by atoms with Crippen molar-refractivity contribution in [1.82, 2.24) is 25.1 Å². The molecule has 140 valence electrons. The first-order valence-corrected chi connectivity index (χ1v) is 9.43. The van der Waals surface area contributed by atoms with Gasteiger partial charge in [-0.15, -0.1) is 0 Å². The average molecular weight is 355 g/mol. The summed E-state index contributed by atoms with van der Waals surface area (Å²) in [5, 5.41) is 3.52. The number of benzene rings is 1. The maximum absolute atomic E-state index is 4.52. The molecule has 1 fully saturated rings. The predicted octanol–water partition coefficient (Wildman–Crippen LogP) is 2.43. The van der Waals surface area contributed by atoms with Gasteiger partial charge in [-0.05, 0) is 31.0 Å². The molecule has 1 aromatic carbocycles. The van der Waals surface area contributed by atoms with Crippen LogP contribution < -0.4 is 5.32 Å². The Morgan fingerprint density at radius 2 is 2.19 bits per heavy atom. The third-order valence-electron chi connectivity index (χ3n) is 5.04. The van der Waals surface area contributed by atoms with Crippen molar-refractivity contribution < 1.29 is 0 Å². The van der Waals surface area contributed by atoms with Gasteiger partial charge in [0.1, 0.15) is 5.82 Å². The fourth-order valence-electron chi connectivity index (χ4n) is 3.49. The SMILES string of the molecule is CCN1CCC(CNC(=NC)N(C)Cc2ncc(-c3ccccc3)[nH]2)C1. The van der Waals surface area contributed by atoms with Gasteiger partial charge in [0.05, 0.1) is 18.4 Å². The molecule has 2 N–H and O–H groups in total. The average Bonchev–Trinajstić information content (AvgIpc) is 3.32. The quantitative estimate of drug-likeness (QED) is 0.618. The van der Waals surface area contributed by atoms with Gasteiger partial charge in [0.15, 0.2) is 5.96 Å². The van der Waals surface area contributed by atoms with Gasteiger partial charge in [-0.2, -0.15) is 0 Å². The third-order valence-corrected chi connectivity index (χ3v) is 5.04. The number of rotatable bonds is 6. The molecule has 0 radical (unpaired) electrons. The Bertz CT molecular complexity index is 708. The number of aliphatic imine (C=N–C) groups is 1. The van der Waals surface area contributed by atoms with Crippen LogP contribution in [0.4, 0.5) is 0 Å². The zero-order valence-electron chi connectivity index (χ0n) is 16.1. The number of guanidine groups is 1. The molecule has 1 aromatic heterocycles. The molecule has 6 heteroatoms. The number of hydrogen-bond acceptors (Lipinski definition) is 3. The molecule has 2 aromatic rings. The number of nitrogens with zero attached hydrogens (tertiary/aromatic N) is 4. The van der Waals surface area contributed by atoms with E-state index in [1.165, 1.54) is 19.5 Å². The molecule has 6 nitrogen and oxygen atoms in total. The predicted molar refractivity (Wildman–Crippen MR) is 107 cm³/mol. The highest BCUT2D eigenvalue weighted by atomic mass is 15.3. The first-order chi connectivity index (χ1) is 12.7. The van der Waals surface area contributed by atoms with Crippen LogP contribution in [0.1, 0.15) is 19.2 Å². The zero-order chi connectivity index (χ0) is 18.4. The molecule has 0 bridgehead atoms. The molecule has 0 saturated carbocycles. The number of aromatic nitrogens is 2. The highest BCUT2D eigenvalue weighted by Gasteiger charge is 2.21. The van der Waals surface area contributed by atoms with Gasteiger partial charge >= 0.3 is 0 Å². The highest BCUT2D eigenvalue weighted by molar-refractivity contribution is 5.79. The monoisotopic (exact) mass is 354 g/mol. The summed E-state index contributed by atoms with van der Waals surface area (Å²) in [5.74, 6) is 2.55. The van der Waals surface area contributed by atoms with Gasteiger partial charge in [0.25, 0.3) is 0 Å². The minimum Gasteiger partial charge on any atom is -0.356 e. The smallest absolute Gasteiger partial charge is 0.193 e. The van der Waals surface area contributed by atoms with E-state index < -0.39 is 0 Å². The van der Waals surface area contributed by atoms with Crippen molar-refractivity contribution >= 4 is 5.96 Å². The summed E-state index contributed by atoms with van der Waals surface area (Å²) in [6.45, 7) is 7.44. The summed E-state index contributed by atoms with van der Waals surface area (Å²) in [7, 11) is 3.89. The molecule has 1 atom stereocenters. The van der Waals surface area contributed by atoms with Gasteiger partial charge in [-0.1, -0.05) is 37.3 Å². The van der Waals surface area contributed by atoms with E-state index in [1.807, 2.05) is 38.5 Å². The topological polar surface area (TPSA) is 59.5 Å². The van der Waals surface area contributed by atoms with Gasteiger partial charge in [0, 0.05) is 27.2 Å². The van der Waals surface area contributed by atoms with Crippen molar-refractivity contribution in [2.45, 2.75) is 19.9 Å². The van der Waals surface area contributed by atoms with Crippen LogP contribution in [0, 0.1) is 5.92 Å². The van der Waals surface area contributed by atoms with Gasteiger partial charge in [0.2, 0.25) is 0 Å². The van der Waals surface area contributed by atoms with Crippen LogP contribution in [0.3, 0.4) is 0 Å². The minimum absolute atomic E-state index is 0.693. The minimum atomic E-state index is 0.693. The molecule has 0 aliphatic carbocycles. The third kappa shape index (κ3) is 4.64. The normalized spacial score (nSPS) is 18.3. The Labute approximate surface area is 156 Å². The highest BCUT2D eigenvalue weighted by Crippen LogP contribution is 2.17. The summed E-state index contributed by atoms with van der Waals surface area (Å²) in [4.78, 5) is 17.0. The Kier molecular flexibility index (Phi) is 6.28. The van der Waals surface area contributed by atoms with Crippen molar-refractivity contribution in [2.75, 3.05) is 40.3 Å². The van der Waals surface area contributed by atoms with E-state index in [0.29, 0.717) is 12.5 Å². The van der Waals surface area contributed by atoms with E-state index in [2.05, 4.69) is 49.1 Å². The largest absolute Gasteiger partial charge is 0.356 e.